The topological polar surface area (TPSA) is 72.5 Å². The smallest absolute Gasteiger partial charge is 0.236 e. The van der Waals surface area contributed by atoms with Crippen LogP contribution in [0.25, 0.3) is 0 Å². The van der Waals surface area contributed by atoms with E-state index in [2.05, 4.69) is 4.72 Å². The van der Waals surface area contributed by atoms with Crippen molar-refractivity contribution in [2.75, 3.05) is 17.1 Å². The summed E-state index contributed by atoms with van der Waals surface area (Å²) in [5, 5.41) is 0. The highest BCUT2D eigenvalue weighted by molar-refractivity contribution is 7.92. The van der Waals surface area contributed by atoms with Crippen LogP contribution in [-0.4, -0.2) is 26.6 Å². The van der Waals surface area contributed by atoms with Gasteiger partial charge in [-0.15, -0.1) is 0 Å². The van der Waals surface area contributed by atoms with E-state index in [-0.39, 0.29) is 18.1 Å². The van der Waals surface area contributed by atoms with Crippen LogP contribution in [0.2, 0.25) is 0 Å². The Morgan fingerprint density at radius 3 is 2.52 bits per heavy atom. The predicted molar refractivity (Wildman–Crippen MR) is 85.8 cm³/mol. The summed E-state index contributed by atoms with van der Waals surface area (Å²) in [6.07, 6.45) is 0. The molecular weight excluding hydrogens is 321 g/mol. The number of ether oxygens (including phenoxy) is 1. The third-order valence-electron chi connectivity index (χ3n) is 2.98. The molecule has 0 spiro atoms. The van der Waals surface area contributed by atoms with Gasteiger partial charge in [0.15, 0.2) is 5.78 Å². The largest absolute Gasteiger partial charge is 0.492 e. The van der Waals surface area contributed by atoms with Crippen molar-refractivity contribution in [3.8, 4) is 5.75 Å². The molecule has 1 N–H and O–H groups in total. The van der Waals surface area contributed by atoms with E-state index in [4.69, 9.17) is 4.74 Å². The number of anilines is 1. The van der Waals surface area contributed by atoms with Crippen LogP contribution in [0.5, 0.6) is 5.75 Å². The maximum Gasteiger partial charge on any atom is 0.236 e. The predicted octanol–water partition coefficient (Wildman–Crippen LogP) is 2.85. The molecular formula is C16H16FNO4S. The van der Waals surface area contributed by atoms with Crippen LogP contribution >= 0.6 is 0 Å². The lowest BCUT2D eigenvalue weighted by Gasteiger charge is -2.10. The molecule has 0 amide bonds. The molecule has 0 saturated heterocycles. The van der Waals surface area contributed by atoms with Gasteiger partial charge >= 0.3 is 0 Å². The summed E-state index contributed by atoms with van der Waals surface area (Å²) in [7, 11) is -3.62. The van der Waals surface area contributed by atoms with Gasteiger partial charge in [0.1, 0.15) is 23.9 Å². The molecule has 0 bridgehead atoms. The highest BCUT2D eigenvalue weighted by Gasteiger charge is 2.12. The Labute approximate surface area is 134 Å². The number of nitrogens with one attached hydrogen (secondary N) is 1. The number of halogens is 1. The van der Waals surface area contributed by atoms with Gasteiger partial charge in [0, 0.05) is 11.3 Å². The van der Waals surface area contributed by atoms with E-state index in [0.717, 1.165) is 0 Å². The number of hydrogen-bond donors (Lipinski definition) is 1. The molecule has 2 aromatic carbocycles. The van der Waals surface area contributed by atoms with Gasteiger partial charge in [-0.2, -0.15) is 0 Å². The van der Waals surface area contributed by atoms with Crippen molar-refractivity contribution >= 4 is 21.5 Å². The van der Waals surface area contributed by atoms with Gasteiger partial charge < -0.3 is 4.74 Å². The van der Waals surface area contributed by atoms with Crippen molar-refractivity contribution in [1.82, 2.24) is 0 Å². The van der Waals surface area contributed by atoms with Crippen molar-refractivity contribution in [3.63, 3.8) is 0 Å². The highest BCUT2D eigenvalue weighted by atomic mass is 32.2. The quantitative estimate of drug-likeness (QED) is 0.789. The van der Waals surface area contributed by atoms with Crippen molar-refractivity contribution in [1.29, 1.82) is 0 Å². The first kappa shape index (κ1) is 17.0. The SMILES string of the molecule is CC(=O)c1cccc(NS(=O)(=O)CCOc2ccc(F)cc2)c1. The number of Topliss-reactive ketones (excluding diaryl/α,β-unsaturated/α-hetero) is 1. The fourth-order valence-corrected chi connectivity index (χ4v) is 2.72. The van der Waals surface area contributed by atoms with Gasteiger partial charge in [-0.05, 0) is 43.3 Å². The number of benzene rings is 2. The fraction of sp³-hybridized carbons (Fsp3) is 0.188. The van der Waals surface area contributed by atoms with Crippen molar-refractivity contribution in [3.05, 3.63) is 59.9 Å². The third-order valence-corrected chi connectivity index (χ3v) is 4.23. The Bertz CT molecular complexity index is 788. The molecule has 2 rings (SSSR count). The molecule has 0 unspecified atom stereocenters. The van der Waals surface area contributed by atoms with Crippen molar-refractivity contribution in [2.45, 2.75) is 6.92 Å². The van der Waals surface area contributed by atoms with Crippen molar-refractivity contribution in [2.24, 2.45) is 0 Å². The molecule has 0 aliphatic carbocycles. The minimum atomic E-state index is -3.62. The Kier molecular flexibility index (Phi) is 5.33. The molecule has 2 aromatic rings. The van der Waals surface area contributed by atoms with Crippen LogP contribution < -0.4 is 9.46 Å². The lowest BCUT2D eigenvalue weighted by Crippen LogP contribution is -2.21. The van der Waals surface area contributed by atoms with E-state index in [9.17, 15) is 17.6 Å². The van der Waals surface area contributed by atoms with Crippen LogP contribution in [0.15, 0.2) is 48.5 Å². The van der Waals surface area contributed by atoms with E-state index < -0.39 is 15.8 Å². The van der Waals surface area contributed by atoms with E-state index in [1.54, 1.807) is 18.2 Å². The van der Waals surface area contributed by atoms with Crippen LogP contribution in [0, 0.1) is 5.82 Å². The summed E-state index contributed by atoms with van der Waals surface area (Å²) >= 11 is 0. The van der Waals surface area contributed by atoms with Crippen LogP contribution in [0.3, 0.4) is 0 Å². The van der Waals surface area contributed by atoms with Gasteiger partial charge in [-0.3, -0.25) is 9.52 Å². The monoisotopic (exact) mass is 337 g/mol. The molecule has 0 atom stereocenters. The Morgan fingerprint density at radius 2 is 1.87 bits per heavy atom. The number of ketones is 1. The average molecular weight is 337 g/mol. The average Bonchev–Trinajstić information content (AvgIpc) is 2.49. The Morgan fingerprint density at radius 1 is 1.17 bits per heavy atom. The molecule has 0 aliphatic rings. The lowest BCUT2D eigenvalue weighted by molar-refractivity contribution is 0.101. The maximum absolute atomic E-state index is 12.7. The first-order valence-corrected chi connectivity index (χ1v) is 8.51. The first-order valence-electron chi connectivity index (χ1n) is 6.85. The van der Waals surface area contributed by atoms with E-state index in [1.165, 1.54) is 37.3 Å². The second-order valence-corrected chi connectivity index (χ2v) is 6.70. The molecule has 0 aliphatic heterocycles. The number of rotatable bonds is 7. The zero-order chi connectivity index (χ0) is 16.9. The first-order chi connectivity index (χ1) is 10.9. The minimum absolute atomic E-state index is 0.0760. The second kappa shape index (κ2) is 7.23. The van der Waals surface area contributed by atoms with Crippen LogP contribution in [0.4, 0.5) is 10.1 Å². The number of carbonyl (C=O) groups excluding carboxylic acids is 1. The minimum Gasteiger partial charge on any atom is -0.492 e. The normalized spacial score (nSPS) is 11.0. The summed E-state index contributed by atoms with van der Waals surface area (Å²) in [6, 6.07) is 11.6. The lowest BCUT2D eigenvalue weighted by atomic mass is 10.1. The zero-order valence-corrected chi connectivity index (χ0v) is 13.3. The van der Waals surface area contributed by atoms with Gasteiger partial charge in [-0.1, -0.05) is 12.1 Å². The second-order valence-electron chi connectivity index (χ2n) is 4.86. The molecule has 7 heteroatoms. The summed E-state index contributed by atoms with van der Waals surface area (Å²) in [6.45, 7) is 1.33. The van der Waals surface area contributed by atoms with Gasteiger partial charge in [0.2, 0.25) is 10.0 Å². The molecule has 0 fully saturated rings. The van der Waals surface area contributed by atoms with Crippen LogP contribution in [-0.2, 0) is 10.0 Å². The maximum atomic E-state index is 12.7. The molecule has 0 saturated carbocycles. The third kappa shape index (κ3) is 5.37. The summed E-state index contributed by atoms with van der Waals surface area (Å²) in [5.41, 5.74) is 0.743. The summed E-state index contributed by atoms with van der Waals surface area (Å²) in [4.78, 5) is 11.3. The Balaban J connectivity index is 1.93. The molecule has 122 valence electrons. The molecule has 0 aromatic heterocycles. The van der Waals surface area contributed by atoms with E-state index in [1.807, 2.05) is 0 Å². The van der Waals surface area contributed by atoms with Gasteiger partial charge in [0.25, 0.3) is 0 Å². The summed E-state index contributed by atoms with van der Waals surface area (Å²) < 4.78 is 44.4. The zero-order valence-electron chi connectivity index (χ0n) is 12.5. The number of carbonyl (C=O) groups is 1. The van der Waals surface area contributed by atoms with E-state index >= 15 is 0 Å². The van der Waals surface area contributed by atoms with Crippen LogP contribution in [0.1, 0.15) is 17.3 Å². The van der Waals surface area contributed by atoms with Gasteiger partial charge in [0.05, 0.1) is 0 Å². The van der Waals surface area contributed by atoms with Gasteiger partial charge in [-0.25, -0.2) is 12.8 Å². The van der Waals surface area contributed by atoms with E-state index in [0.29, 0.717) is 17.0 Å². The molecule has 5 nitrogen and oxygen atoms in total. The highest BCUT2D eigenvalue weighted by Crippen LogP contribution is 2.14. The fourth-order valence-electron chi connectivity index (χ4n) is 1.83. The van der Waals surface area contributed by atoms with Crippen molar-refractivity contribution < 1.29 is 22.3 Å². The number of sulfonamides is 1. The molecule has 23 heavy (non-hydrogen) atoms. The molecule has 0 radical (unpaired) electrons. The standard InChI is InChI=1S/C16H16FNO4S/c1-12(19)13-3-2-4-15(11-13)18-23(20,21)10-9-22-16-7-5-14(17)6-8-16/h2-8,11,18H,9-10H2,1H3. The number of hydrogen-bond acceptors (Lipinski definition) is 4. The Hall–Kier alpha value is -2.41. The summed E-state index contributed by atoms with van der Waals surface area (Å²) in [5.74, 6) is -0.419. The molecule has 0 heterocycles.